The fourth-order valence-corrected chi connectivity index (χ4v) is 3.33. The van der Waals surface area contributed by atoms with Crippen molar-refractivity contribution in [3.05, 3.63) is 64.2 Å². The molecule has 24 heavy (non-hydrogen) atoms. The van der Waals surface area contributed by atoms with E-state index in [1.165, 1.54) is 18.2 Å². The molecule has 0 bridgehead atoms. The number of benzene rings is 2. The summed E-state index contributed by atoms with van der Waals surface area (Å²) in [6.07, 6.45) is -4.64. The summed E-state index contributed by atoms with van der Waals surface area (Å²) in [5.41, 5.74) is -1.94. The third-order valence-corrected chi connectivity index (χ3v) is 5.07. The van der Waals surface area contributed by atoms with Crippen LogP contribution in [0.15, 0.2) is 53.4 Å². The first-order chi connectivity index (χ1) is 11.0. The summed E-state index contributed by atoms with van der Waals surface area (Å²) in [6, 6.07) is 8.30. The van der Waals surface area contributed by atoms with Gasteiger partial charge in [-0.15, -0.1) is 0 Å². The Morgan fingerprint density at radius 3 is 2.29 bits per heavy atom. The molecule has 0 amide bonds. The number of nitro groups is 1. The zero-order valence-corrected chi connectivity index (χ0v) is 13.0. The average molecular weight is 360 g/mol. The predicted octanol–water partition coefficient (Wildman–Crippen LogP) is 3.44. The molecule has 0 saturated heterocycles. The highest BCUT2D eigenvalue weighted by atomic mass is 32.2. The summed E-state index contributed by atoms with van der Waals surface area (Å²) in [4.78, 5) is 9.52. The smallest absolute Gasteiger partial charge is 0.269 e. The summed E-state index contributed by atoms with van der Waals surface area (Å²) in [5.74, 6) is 0. The lowest BCUT2D eigenvalue weighted by atomic mass is 10.2. The van der Waals surface area contributed by atoms with E-state index in [1.807, 2.05) is 0 Å². The molecule has 0 aliphatic rings. The molecular weight excluding hydrogens is 349 g/mol. The molecule has 0 N–H and O–H groups in total. The lowest BCUT2D eigenvalue weighted by molar-refractivity contribution is -0.387. The van der Waals surface area contributed by atoms with Gasteiger partial charge in [0.1, 0.15) is 0 Å². The Morgan fingerprint density at radius 2 is 1.71 bits per heavy atom. The summed E-state index contributed by atoms with van der Waals surface area (Å²) < 4.78 is 64.0. The van der Waals surface area contributed by atoms with Crippen molar-refractivity contribution >= 4 is 21.4 Å². The van der Waals surface area contributed by atoms with Crippen LogP contribution in [0.4, 0.5) is 24.5 Å². The van der Waals surface area contributed by atoms with Crippen molar-refractivity contribution < 1.29 is 26.5 Å². The van der Waals surface area contributed by atoms with Gasteiger partial charge >= 0.3 is 6.18 Å². The van der Waals surface area contributed by atoms with E-state index in [0.29, 0.717) is 10.4 Å². The Morgan fingerprint density at radius 1 is 1.08 bits per heavy atom. The minimum Gasteiger partial charge on any atom is -0.269 e. The van der Waals surface area contributed by atoms with Crippen LogP contribution in [0.2, 0.25) is 0 Å². The fraction of sp³-hybridized carbons (Fsp3) is 0.143. The molecule has 0 saturated carbocycles. The number of hydrogen-bond acceptors (Lipinski definition) is 4. The van der Waals surface area contributed by atoms with Gasteiger partial charge in [0, 0.05) is 13.1 Å². The number of alkyl halides is 3. The van der Waals surface area contributed by atoms with Gasteiger partial charge in [0.05, 0.1) is 16.2 Å². The van der Waals surface area contributed by atoms with Gasteiger partial charge in [-0.1, -0.05) is 18.2 Å². The monoisotopic (exact) mass is 360 g/mol. The maximum atomic E-state index is 12.8. The van der Waals surface area contributed by atoms with E-state index < -0.39 is 37.3 Å². The van der Waals surface area contributed by atoms with Crippen molar-refractivity contribution in [2.75, 3.05) is 11.4 Å². The van der Waals surface area contributed by atoms with Crippen molar-refractivity contribution in [2.45, 2.75) is 11.1 Å². The molecule has 0 aliphatic carbocycles. The molecule has 0 aliphatic heterocycles. The number of hydrogen-bond donors (Lipinski definition) is 0. The number of nitrogens with zero attached hydrogens (tertiary/aromatic N) is 2. The quantitative estimate of drug-likeness (QED) is 0.618. The maximum absolute atomic E-state index is 12.8. The van der Waals surface area contributed by atoms with Gasteiger partial charge in [-0.25, -0.2) is 8.42 Å². The standard InChI is InChI=1S/C14H11F3N2O4S/c1-18(11-6-4-5-10(9-11)14(15,16)17)24(22,23)13-8-3-2-7-12(13)19(20)21/h2-9H,1H3. The molecule has 0 heterocycles. The highest BCUT2D eigenvalue weighted by molar-refractivity contribution is 7.93. The first-order valence-electron chi connectivity index (χ1n) is 6.45. The van der Waals surface area contributed by atoms with Crippen molar-refractivity contribution in [1.82, 2.24) is 0 Å². The second kappa shape index (κ2) is 6.11. The Balaban J connectivity index is 2.54. The zero-order valence-electron chi connectivity index (χ0n) is 12.2. The van der Waals surface area contributed by atoms with Crippen LogP contribution in [-0.4, -0.2) is 20.4 Å². The molecule has 2 aromatic rings. The van der Waals surface area contributed by atoms with Gasteiger partial charge in [-0.2, -0.15) is 13.2 Å². The van der Waals surface area contributed by atoms with Crippen LogP contribution < -0.4 is 4.31 Å². The summed E-state index contributed by atoms with van der Waals surface area (Å²) in [5, 5.41) is 11.0. The molecule has 6 nitrogen and oxygen atoms in total. The van der Waals surface area contributed by atoms with E-state index in [0.717, 1.165) is 31.3 Å². The molecule has 2 rings (SSSR count). The van der Waals surface area contributed by atoms with Crippen LogP contribution in [0.5, 0.6) is 0 Å². The minimum atomic E-state index is -4.64. The second-order valence-corrected chi connectivity index (χ2v) is 6.68. The van der Waals surface area contributed by atoms with Crippen molar-refractivity contribution in [3.63, 3.8) is 0 Å². The number of nitro benzene ring substituents is 1. The largest absolute Gasteiger partial charge is 0.416 e. The van der Waals surface area contributed by atoms with Crippen LogP contribution in [0.25, 0.3) is 0 Å². The normalized spacial score (nSPS) is 12.0. The van der Waals surface area contributed by atoms with Crippen LogP contribution in [0, 0.1) is 10.1 Å². The maximum Gasteiger partial charge on any atom is 0.416 e. The van der Waals surface area contributed by atoms with E-state index in [4.69, 9.17) is 0 Å². The van der Waals surface area contributed by atoms with E-state index in [9.17, 15) is 31.7 Å². The Labute approximate surface area is 135 Å². The molecule has 0 radical (unpaired) electrons. The lowest BCUT2D eigenvalue weighted by Gasteiger charge is -2.20. The van der Waals surface area contributed by atoms with Gasteiger partial charge in [0.15, 0.2) is 4.90 Å². The van der Waals surface area contributed by atoms with Crippen LogP contribution in [-0.2, 0) is 16.2 Å². The van der Waals surface area contributed by atoms with E-state index >= 15 is 0 Å². The van der Waals surface area contributed by atoms with E-state index in [2.05, 4.69) is 0 Å². The second-order valence-electron chi connectivity index (χ2n) is 4.75. The Hall–Kier alpha value is -2.62. The number of sulfonamides is 1. The number of halogens is 3. The molecule has 0 fully saturated rings. The molecule has 0 spiro atoms. The van der Waals surface area contributed by atoms with Gasteiger partial charge in [0.25, 0.3) is 15.7 Å². The first kappa shape index (κ1) is 17.7. The Bertz CT molecular complexity index is 882. The zero-order chi connectivity index (χ0) is 18.1. The summed E-state index contributed by atoms with van der Waals surface area (Å²) in [7, 11) is -3.38. The molecule has 0 aromatic heterocycles. The molecule has 0 atom stereocenters. The topological polar surface area (TPSA) is 80.5 Å². The highest BCUT2D eigenvalue weighted by Crippen LogP contribution is 2.33. The molecule has 2 aromatic carbocycles. The Kier molecular flexibility index (Phi) is 4.52. The molecule has 128 valence electrons. The van der Waals surface area contributed by atoms with Crippen molar-refractivity contribution in [3.8, 4) is 0 Å². The number of rotatable bonds is 4. The summed E-state index contributed by atoms with van der Waals surface area (Å²) >= 11 is 0. The third-order valence-electron chi connectivity index (χ3n) is 3.24. The van der Waals surface area contributed by atoms with Gasteiger partial charge in [-0.3, -0.25) is 14.4 Å². The van der Waals surface area contributed by atoms with E-state index in [-0.39, 0.29) is 5.69 Å². The lowest BCUT2D eigenvalue weighted by Crippen LogP contribution is -2.27. The fourth-order valence-electron chi connectivity index (χ4n) is 1.99. The van der Waals surface area contributed by atoms with Gasteiger partial charge < -0.3 is 0 Å². The van der Waals surface area contributed by atoms with Gasteiger partial charge in [0.2, 0.25) is 0 Å². The third kappa shape index (κ3) is 3.32. The first-order valence-corrected chi connectivity index (χ1v) is 7.89. The average Bonchev–Trinajstić information content (AvgIpc) is 2.53. The molecular formula is C14H11F3N2O4S. The minimum absolute atomic E-state index is 0.261. The number of anilines is 1. The van der Waals surface area contributed by atoms with Crippen LogP contribution >= 0.6 is 0 Å². The summed E-state index contributed by atoms with van der Waals surface area (Å²) in [6.45, 7) is 0. The van der Waals surface area contributed by atoms with Crippen molar-refractivity contribution in [1.29, 1.82) is 0 Å². The SMILES string of the molecule is CN(c1cccc(C(F)(F)F)c1)S(=O)(=O)c1ccccc1[N+](=O)[O-]. The van der Waals surface area contributed by atoms with E-state index in [1.54, 1.807) is 0 Å². The van der Waals surface area contributed by atoms with Crippen LogP contribution in [0.1, 0.15) is 5.56 Å². The van der Waals surface area contributed by atoms with Gasteiger partial charge in [-0.05, 0) is 24.3 Å². The van der Waals surface area contributed by atoms with Crippen molar-refractivity contribution in [2.24, 2.45) is 0 Å². The van der Waals surface area contributed by atoms with Crippen LogP contribution in [0.3, 0.4) is 0 Å². The number of para-hydroxylation sites is 1. The predicted molar refractivity (Wildman–Crippen MR) is 80.1 cm³/mol. The molecule has 0 unspecified atom stereocenters. The highest BCUT2D eigenvalue weighted by Gasteiger charge is 2.33. The molecule has 10 heteroatoms.